The molecular formula is C18H13FN6. The van der Waals surface area contributed by atoms with Crippen molar-refractivity contribution in [1.82, 2.24) is 30.2 Å². The van der Waals surface area contributed by atoms with E-state index < -0.39 is 0 Å². The van der Waals surface area contributed by atoms with Gasteiger partial charge in [-0.15, -0.1) is 15.0 Å². The van der Waals surface area contributed by atoms with Crippen LogP contribution in [0.1, 0.15) is 11.1 Å². The third-order valence-electron chi connectivity index (χ3n) is 3.61. The Hall–Kier alpha value is -3.48. The van der Waals surface area contributed by atoms with Crippen LogP contribution >= 0.6 is 0 Å². The second-order valence-corrected chi connectivity index (χ2v) is 5.47. The van der Waals surface area contributed by atoms with Gasteiger partial charge in [-0.05, 0) is 53.1 Å². The summed E-state index contributed by atoms with van der Waals surface area (Å²) in [6.07, 6.45) is 5.70. The van der Waals surface area contributed by atoms with Crippen molar-refractivity contribution in [2.45, 2.75) is 6.42 Å². The Bertz CT molecular complexity index is 985. The van der Waals surface area contributed by atoms with E-state index in [1.807, 2.05) is 30.3 Å². The lowest BCUT2D eigenvalue weighted by atomic mass is 10.1. The molecule has 0 bridgehead atoms. The molecule has 0 amide bonds. The molecule has 0 unspecified atom stereocenters. The van der Waals surface area contributed by atoms with Gasteiger partial charge in [0.15, 0.2) is 0 Å². The smallest absolute Gasteiger partial charge is 0.223 e. The fraction of sp³-hybridized carbons (Fsp3) is 0.0556. The van der Waals surface area contributed by atoms with E-state index in [9.17, 15) is 4.39 Å². The zero-order chi connectivity index (χ0) is 17.1. The fourth-order valence-electron chi connectivity index (χ4n) is 2.51. The maximum absolute atomic E-state index is 14.0. The number of rotatable bonds is 4. The summed E-state index contributed by atoms with van der Waals surface area (Å²) in [6, 6.07) is 13.9. The highest BCUT2D eigenvalue weighted by atomic mass is 19.1. The topological polar surface area (TPSA) is 69.4 Å². The lowest BCUT2D eigenvalue weighted by Gasteiger charge is -2.05. The molecule has 0 aliphatic rings. The number of pyridine rings is 2. The molecule has 0 aliphatic heterocycles. The van der Waals surface area contributed by atoms with E-state index >= 15 is 0 Å². The minimum atomic E-state index is -0.354. The molecule has 3 heterocycles. The van der Waals surface area contributed by atoms with E-state index in [0.29, 0.717) is 23.6 Å². The van der Waals surface area contributed by atoms with Crippen LogP contribution in [0.3, 0.4) is 0 Å². The van der Waals surface area contributed by atoms with Crippen LogP contribution in [0.4, 0.5) is 4.39 Å². The molecule has 0 saturated heterocycles. The van der Waals surface area contributed by atoms with Crippen LogP contribution in [0.2, 0.25) is 0 Å². The number of halogens is 1. The Labute approximate surface area is 143 Å². The standard InChI is InChI=1S/C18H13FN6/c19-15-9-14(8-13-4-3-6-20-12-13)10-16(11-15)25-23-18(22-24-25)17-5-1-2-7-21-17/h1-7,9-12H,8H2. The Morgan fingerprint density at radius 3 is 2.72 bits per heavy atom. The van der Waals surface area contributed by atoms with Crippen LogP contribution in [0, 0.1) is 5.82 Å². The molecule has 1 aromatic carbocycles. The number of hydrogen-bond donors (Lipinski definition) is 0. The monoisotopic (exact) mass is 332 g/mol. The van der Waals surface area contributed by atoms with Gasteiger partial charge in [0.1, 0.15) is 11.5 Å². The van der Waals surface area contributed by atoms with Gasteiger partial charge in [-0.25, -0.2) is 4.39 Å². The first-order valence-corrected chi connectivity index (χ1v) is 7.68. The molecule has 0 radical (unpaired) electrons. The third-order valence-corrected chi connectivity index (χ3v) is 3.61. The zero-order valence-corrected chi connectivity index (χ0v) is 13.1. The summed E-state index contributed by atoms with van der Waals surface area (Å²) < 4.78 is 14.0. The highest BCUT2D eigenvalue weighted by Crippen LogP contribution is 2.17. The average molecular weight is 332 g/mol. The highest BCUT2D eigenvalue weighted by molar-refractivity contribution is 5.47. The molecule has 4 aromatic rings. The van der Waals surface area contributed by atoms with E-state index in [0.717, 1.165) is 11.1 Å². The van der Waals surface area contributed by atoms with Crippen LogP contribution in [-0.4, -0.2) is 30.2 Å². The van der Waals surface area contributed by atoms with Gasteiger partial charge in [0.2, 0.25) is 5.82 Å². The molecule has 0 fully saturated rings. The zero-order valence-electron chi connectivity index (χ0n) is 13.1. The molecule has 3 aromatic heterocycles. The third kappa shape index (κ3) is 3.40. The summed E-state index contributed by atoms with van der Waals surface area (Å²) in [6.45, 7) is 0. The lowest BCUT2D eigenvalue weighted by Crippen LogP contribution is -2.02. The molecule has 0 spiro atoms. The van der Waals surface area contributed by atoms with E-state index in [1.54, 1.807) is 24.7 Å². The molecule has 0 N–H and O–H groups in total. The molecule has 0 saturated carbocycles. The van der Waals surface area contributed by atoms with Gasteiger partial charge in [0, 0.05) is 24.7 Å². The van der Waals surface area contributed by atoms with Crippen molar-refractivity contribution in [2.75, 3.05) is 0 Å². The number of nitrogens with zero attached hydrogens (tertiary/aromatic N) is 6. The second kappa shape index (κ2) is 6.56. The van der Waals surface area contributed by atoms with Gasteiger partial charge in [-0.3, -0.25) is 9.97 Å². The summed E-state index contributed by atoms with van der Waals surface area (Å²) in [5.41, 5.74) is 2.92. The van der Waals surface area contributed by atoms with Gasteiger partial charge < -0.3 is 0 Å². The van der Waals surface area contributed by atoms with Crippen LogP contribution in [0.15, 0.2) is 67.1 Å². The second-order valence-electron chi connectivity index (χ2n) is 5.47. The van der Waals surface area contributed by atoms with Crippen molar-refractivity contribution in [1.29, 1.82) is 0 Å². The first-order chi connectivity index (χ1) is 12.3. The quantitative estimate of drug-likeness (QED) is 0.575. The summed E-state index contributed by atoms with van der Waals surface area (Å²) in [5.74, 6) is 0.0340. The van der Waals surface area contributed by atoms with Crippen LogP contribution in [-0.2, 0) is 6.42 Å². The molecule has 7 heteroatoms. The van der Waals surface area contributed by atoms with Gasteiger partial charge in [0.25, 0.3) is 0 Å². The fourth-order valence-corrected chi connectivity index (χ4v) is 2.51. The average Bonchev–Trinajstić information content (AvgIpc) is 3.13. The first-order valence-electron chi connectivity index (χ1n) is 7.68. The summed E-state index contributed by atoms with van der Waals surface area (Å²) in [4.78, 5) is 9.57. The van der Waals surface area contributed by atoms with Gasteiger partial charge in [-0.2, -0.15) is 0 Å². The highest BCUT2D eigenvalue weighted by Gasteiger charge is 2.10. The Morgan fingerprint density at radius 1 is 0.960 bits per heavy atom. The minimum absolute atomic E-state index is 0.354. The maximum Gasteiger partial charge on any atom is 0.223 e. The van der Waals surface area contributed by atoms with E-state index in [4.69, 9.17) is 0 Å². The van der Waals surface area contributed by atoms with Gasteiger partial charge >= 0.3 is 0 Å². The molecule has 0 aliphatic carbocycles. The van der Waals surface area contributed by atoms with E-state index in [1.165, 1.54) is 16.9 Å². The minimum Gasteiger partial charge on any atom is -0.264 e. The summed E-state index contributed by atoms with van der Waals surface area (Å²) in [5, 5.41) is 12.3. The SMILES string of the molecule is Fc1cc(Cc2cccnc2)cc(-n2nnc(-c3ccccn3)n2)c1. The van der Waals surface area contributed by atoms with Crippen LogP contribution in [0.5, 0.6) is 0 Å². The van der Waals surface area contributed by atoms with Crippen molar-refractivity contribution in [2.24, 2.45) is 0 Å². The Kier molecular flexibility index (Phi) is 3.96. The molecule has 0 atom stereocenters. The van der Waals surface area contributed by atoms with Gasteiger partial charge in [0.05, 0.1) is 5.69 Å². The van der Waals surface area contributed by atoms with Crippen LogP contribution in [0.25, 0.3) is 17.2 Å². The predicted octanol–water partition coefficient (Wildman–Crippen LogP) is 2.85. The number of hydrogen-bond acceptors (Lipinski definition) is 5. The van der Waals surface area contributed by atoms with E-state index in [-0.39, 0.29) is 5.82 Å². The van der Waals surface area contributed by atoms with Crippen molar-refractivity contribution in [3.63, 3.8) is 0 Å². The Balaban J connectivity index is 1.66. The first kappa shape index (κ1) is 15.1. The normalized spacial score (nSPS) is 10.8. The van der Waals surface area contributed by atoms with Crippen molar-refractivity contribution >= 4 is 0 Å². The predicted molar refractivity (Wildman–Crippen MR) is 89.4 cm³/mol. The molecule has 122 valence electrons. The molecule has 25 heavy (non-hydrogen) atoms. The largest absolute Gasteiger partial charge is 0.264 e. The molecule has 6 nitrogen and oxygen atoms in total. The summed E-state index contributed by atoms with van der Waals surface area (Å²) >= 11 is 0. The molecular weight excluding hydrogens is 319 g/mol. The number of tetrazole rings is 1. The van der Waals surface area contributed by atoms with Crippen LogP contribution < -0.4 is 0 Å². The van der Waals surface area contributed by atoms with Gasteiger partial charge in [-0.1, -0.05) is 12.1 Å². The Morgan fingerprint density at radius 2 is 1.92 bits per heavy atom. The van der Waals surface area contributed by atoms with Crippen molar-refractivity contribution in [3.05, 3.63) is 84.1 Å². The van der Waals surface area contributed by atoms with E-state index in [2.05, 4.69) is 25.4 Å². The number of aromatic nitrogens is 6. The maximum atomic E-state index is 14.0. The lowest BCUT2D eigenvalue weighted by molar-refractivity contribution is 0.619. The van der Waals surface area contributed by atoms with Crippen molar-refractivity contribution < 1.29 is 4.39 Å². The summed E-state index contributed by atoms with van der Waals surface area (Å²) in [7, 11) is 0. The molecule has 4 rings (SSSR count). The van der Waals surface area contributed by atoms with Crippen molar-refractivity contribution in [3.8, 4) is 17.2 Å². The number of benzene rings is 1.